The average Bonchev–Trinajstić information content (AvgIpc) is 3.29. The second-order valence-corrected chi connectivity index (χ2v) is 10.6. The summed E-state index contributed by atoms with van der Waals surface area (Å²) >= 11 is 0. The van der Waals surface area contributed by atoms with E-state index < -0.39 is 0 Å². The van der Waals surface area contributed by atoms with Crippen molar-refractivity contribution in [3.05, 3.63) is 71.8 Å². The van der Waals surface area contributed by atoms with Crippen LogP contribution in [0.25, 0.3) is 21.8 Å². The molecular weight excluding hydrogens is 444 g/mol. The number of H-pyrrole nitrogens is 1. The van der Waals surface area contributed by atoms with Crippen LogP contribution in [0.3, 0.4) is 0 Å². The summed E-state index contributed by atoms with van der Waals surface area (Å²) in [6, 6.07) is 22.1. The number of hydrogen-bond donors (Lipinski definition) is 2. The van der Waals surface area contributed by atoms with Crippen molar-refractivity contribution in [3.63, 3.8) is 0 Å². The number of aromatic nitrogens is 1. The summed E-state index contributed by atoms with van der Waals surface area (Å²) in [6.45, 7) is 10.1. The Bertz CT molecular complexity index is 1340. The van der Waals surface area contributed by atoms with Gasteiger partial charge in [-0.25, -0.2) is 0 Å². The van der Waals surface area contributed by atoms with E-state index in [1.807, 2.05) is 12.1 Å². The van der Waals surface area contributed by atoms with Crippen LogP contribution in [-0.4, -0.2) is 71.7 Å². The molecule has 1 aromatic heterocycles. The fourth-order valence-corrected chi connectivity index (χ4v) is 6.38. The molecule has 0 radical (unpaired) electrons. The van der Waals surface area contributed by atoms with E-state index in [-0.39, 0.29) is 0 Å². The molecule has 0 amide bonds. The second kappa shape index (κ2) is 10.2. The third kappa shape index (κ3) is 4.58. The van der Waals surface area contributed by atoms with Gasteiger partial charge in [0.1, 0.15) is 5.75 Å². The van der Waals surface area contributed by atoms with Gasteiger partial charge in [-0.1, -0.05) is 37.3 Å². The Balaban J connectivity index is 1.06. The molecule has 5 nitrogen and oxygen atoms in total. The van der Waals surface area contributed by atoms with E-state index in [9.17, 15) is 5.11 Å². The summed E-state index contributed by atoms with van der Waals surface area (Å²) in [5, 5.41) is 12.9. The molecule has 0 spiro atoms. The number of rotatable bonds is 7. The molecule has 188 valence electrons. The van der Waals surface area contributed by atoms with Gasteiger partial charge < -0.3 is 15.0 Å². The number of anilines is 1. The third-order valence-corrected chi connectivity index (χ3v) is 8.39. The Kier molecular flexibility index (Phi) is 6.60. The fourth-order valence-electron chi connectivity index (χ4n) is 6.38. The Morgan fingerprint density at radius 1 is 0.917 bits per heavy atom. The molecule has 0 bridgehead atoms. The number of hydrogen-bond acceptors (Lipinski definition) is 4. The van der Waals surface area contributed by atoms with Gasteiger partial charge in [-0.05, 0) is 73.7 Å². The summed E-state index contributed by atoms with van der Waals surface area (Å²) in [6.07, 6.45) is 4.39. The topological polar surface area (TPSA) is 45.7 Å². The minimum Gasteiger partial charge on any atom is -0.508 e. The van der Waals surface area contributed by atoms with E-state index >= 15 is 0 Å². The maximum atomic E-state index is 10.2. The molecule has 2 aliphatic rings. The Morgan fingerprint density at radius 3 is 2.61 bits per heavy atom. The Morgan fingerprint density at radius 2 is 1.75 bits per heavy atom. The van der Waals surface area contributed by atoms with Crippen LogP contribution in [0.5, 0.6) is 5.75 Å². The lowest BCUT2D eigenvalue weighted by Crippen LogP contribution is -2.50. The minimum absolute atomic E-state index is 0.481. The number of fused-ring (bicyclic) bond motifs is 4. The number of nitrogens with one attached hydrogen (secondary N) is 1. The first-order valence-corrected chi connectivity index (χ1v) is 13.7. The Hall–Kier alpha value is -3.02. The van der Waals surface area contributed by atoms with Crippen molar-refractivity contribution in [3.8, 4) is 5.75 Å². The van der Waals surface area contributed by atoms with Crippen LogP contribution in [0.2, 0.25) is 0 Å². The van der Waals surface area contributed by atoms with Crippen molar-refractivity contribution in [1.29, 1.82) is 0 Å². The van der Waals surface area contributed by atoms with Crippen molar-refractivity contribution >= 4 is 27.5 Å². The highest BCUT2D eigenvalue weighted by Gasteiger charge is 2.26. The van der Waals surface area contributed by atoms with Gasteiger partial charge in [0.2, 0.25) is 0 Å². The predicted molar refractivity (Wildman–Crippen MR) is 150 cm³/mol. The first-order valence-electron chi connectivity index (χ1n) is 13.7. The highest BCUT2D eigenvalue weighted by atomic mass is 16.3. The van der Waals surface area contributed by atoms with Crippen LogP contribution >= 0.6 is 0 Å². The lowest BCUT2D eigenvalue weighted by molar-refractivity contribution is 0.145. The van der Waals surface area contributed by atoms with E-state index in [4.69, 9.17) is 0 Å². The number of aromatic hydroxyl groups is 1. The average molecular weight is 483 g/mol. The normalized spacial score (nSPS) is 18.8. The van der Waals surface area contributed by atoms with Gasteiger partial charge in [-0.15, -0.1) is 0 Å². The molecule has 2 heterocycles. The van der Waals surface area contributed by atoms with Crippen LogP contribution < -0.4 is 4.90 Å². The number of benzene rings is 3. The van der Waals surface area contributed by atoms with E-state index in [2.05, 4.69) is 75.1 Å². The van der Waals surface area contributed by atoms with Gasteiger partial charge in [-0.2, -0.15) is 0 Å². The molecule has 1 aliphatic heterocycles. The van der Waals surface area contributed by atoms with Crippen molar-refractivity contribution in [2.75, 3.05) is 50.7 Å². The first kappa shape index (κ1) is 23.4. The number of piperazine rings is 1. The molecule has 5 heteroatoms. The highest BCUT2D eigenvalue weighted by Crippen LogP contribution is 2.31. The molecule has 2 N–H and O–H groups in total. The monoisotopic (exact) mass is 482 g/mol. The number of aromatic amines is 1. The number of phenolic OH excluding ortho intramolecular Hbond substituents is 1. The zero-order valence-corrected chi connectivity index (χ0v) is 21.4. The predicted octanol–water partition coefficient (Wildman–Crippen LogP) is 5.42. The van der Waals surface area contributed by atoms with Gasteiger partial charge in [0.15, 0.2) is 0 Å². The lowest BCUT2D eigenvalue weighted by atomic mass is 9.87. The molecule has 4 aromatic rings. The second-order valence-electron chi connectivity index (χ2n) is 10.6. The zero-order chi connectivity index (χ0) is 24.5. The van der Waals surface area contributed by atoms with E-state index in [0.717, 1.165) is 65.1 Å². The molecule has 1 atom stereocenters. The van der Waals surface area contributed by atoms with Gasteiger partial charge in [0, 0.05) is 72.8 Å². The molecule has 0 saturated carbocycles. The van der Waals surface area contributed by atoms with Gasteiger partial charge >= 0.3 is 0 Å². The molecule has 36 heavy (non-hydrogen) atoms. The Labute approximate surface area is 214 Å². The van der Waals surface area contributed by atoms with E-state index in [1.54, 1.807) is 0 Å². The maximum Gasteiger partial charge on any atom is 0.119 e. The quantitative estimate of drug-likeness (QED) is 0.369. The van der Waals surface area contributed by atoms with Crippen LogP contribution in [-0.2, 0) is 12.8 Å². The number of nitrogens with zero attached hydrogens (tertiary/aromatic N) is 3. The van der Waals surface area contributed by atoms with Crippen molar-refractivity contribution in [2.24, 2.45) is 0 Å². The summed E-state index contributed by atoms with van der Waals surface area (Å²) < 4.78 is 0. The van der Waals surface area contributed by atoms with Crippen LogP contribution in [0.15, 0.2) is 60.7 Å². The SMILES string of the molecule is CCCN(CCN1CCN(c2ccc3[nH]c4ccccc4c3c2)CC1)[C@H]1CCc2c(O)cccc2C1. The molecule has 0 unspecified atom stereocenters. The fraction of sp³-hybridized carbons (Fsp3) is 0.419. The molecular formula is C31H38N4O. The number of para-hydroxylation sites is 1. The van der Waals surface area contributed by atoms with Crippen molar-refractivity contribution in [2.45, 2.75) is 38.6 Å². The zero-order valence-electron chi connectivity index (χ0n) is 21.4. The van der Waals surface area contributed by atoms with Crippen molar-refractivity contribution < 1.29 is 5.11 Å². The molecule has 1 fully saturated rings. The summed E-state index contributed by atoms with van der Waals surface area (Å²) in [5.74, 6) is 0.481. The largest absolute Gasteiger partial charge is 0.508 e. The van der Waals surface area contributed by atoms with Crippen LogP contribution in [0.1, 0.15) is 30.9 Å². The molecule has 1 aliphatic carbocycles. The number of phenols is 1. The van der Waals surface area contributed by atoms with E-state index in [1.165, 1.54) is 45.0 Å². The van der Waals surface area contributed by atoms with Gasteiger partial charge in [-0.3, -0.25) is 9.80 Å². The molecule has 3 aromatic carbocycles. The summed E-state index contributed by atoms with van der Waals surface area (Å²) in [5.41, 5.74) is 6.28. The van der Waals surface area contributed by atoms with Gasteiger partial charge in [0.25, 0.3) is 0 Å². The van der Waals surface area contributed by atoms with Crippen LogP contribution in [0.4, 0.5) is 5.69 Å². The van der Waals surface area contributed by atoms with E-state index in [0.29, 0.717) is 11.8 Å². The third-order valence-electron chi connectivity index (χ3n) is 8.39. The summed E-state index contributed by atoms with van der Waals surface area (Å²) in [4.78, 5) is 11.4. The lowest BCUT2D eigenvalue weighted by Gasteiger charge is -2.39. The standard InChI is InChI=1S/C31H38N4O/c1-2-14-34(24-10-12-26-23(21-24)6-5-9-31(26)36)18-15-33-16-19-35(20-17-33)25-11-13-30-28(22-25)27-7-3-4-8-29(27)32-30/h3-9,11,13,22,24,32,36H,2,10,12,14-21H2,1H3/t24-/m0/s1. The van der Waals surface area contributed by atoms with Crippen LogP contribution in [0, 0.1) is 0 Å². The summed E-state index contributed by atoms with van der Waals surface area (Å²) in [7, 11) is 0. The molecule has 1 saturated heterocycles. The first-order chi connectivity index (χ1) is 17.7. The highest BCUT2D eigenvalue weighted by molar-refractivity contribution is 6.08. The minimum atomic E-state index is 0.481. The maximum absolute atomic E-state index is 10.2. The smallest absolute Gasteiger partial charge is 0.119 e. The molecule has 6 rings (SSSR count). The van der Waals surface area contributed by atoms with Crippen molar-refractivity contribution in [1.82, 2.24) is 14.8 Å². The van der Waals surface area contributed by atoms with Gasteiger partial charge in [0.05, 0.1) is 0 Å².